The highest BCUT2D eigenvalue weighted by Gasteiger charge is 2.45. The highest BCUT2D eigenvalue weighted by atomic mass is 35.5. The van der Waals surface area contributed by atoms with Crippen molar-refractivity contribution in [3.63, 3.8) is 0 Å². The minimum Gasteiger partial charge on any atom is -0.494 e. The SMILES string of the molecule is COc1cc2ncnc(Nc3ccc(F)c(Cl)c3)c2cc1NC(=O)/C=C/CN1CCN(C(=O)CNc2cccc3c2C(=O)N(C2CCC(=O)NC2=O)C3=O)CC1. The van der Waals surface area contributed by atoms with Gasteiger partial charge in [-0.2, -0.15) is 0 Å². The van der Waals surface area contributed by atoms with Gasteiger partial charge in [-0.25, -0.2) is 14.4 Å². The van der Waals surface area contributed by atoms with Crippen LogP contribution in [0.3, 0.4) is 0 Å². The predicted molar refractivity (Wildman–Crippen MR) is 203 cm³/mol. The summed E-state index contributed by atoms with van der Waals surface area (Å²) in [5.41, 5.74) is 1.94. The first-order chi connectivity index (χ1) is 27.0. The van der Waals surface area contributed by atoms with Crippen LogP contribution in [0.5, 0.6) is 5.75 Å². The largest absolute Gasteiger partial charge is 0.494 e. The van der Waals surface area contributed by atoms with Gasteiger partial charge >= 0.3 is 0 Å². The molecule has 3 aromatic carbocycles. The van der Waals surface area contributed by atoms with Gasteiger partial charge in [0.1, 0.15) is 29.8 Å². The molecule has 2 fully saturated rings. The lowest BCUT2D eigenvalue weighted by atomic mass is 10.0. The number of piperazine rings is 1. The number of aromatic nitrogens is 2. The Morgan fingerprint density at radius 2 is 1.82 bits per heavy atom. The van der Waals surface area contributed by atoms with Crippen LogP contribution < -0.4 is 26.0 Å². The molecule has 288 valence electrons. The first-order valence-corrected chi connectivity index (χ1v) is 18.0. The van der Waals surface area contributed by atoms with Crippen LogP contribution in [0.4, 0.5) is 27.3 Å². The maximum absolute atomic E-state index is 13.7. The van der Waals surface area contributed by atoms with Gasteiger partial charge in [0.05, 0.1) is 41.0 Å². The zero-order chi connectivity index (χ0) is 39.5. The Balaban J connectivity index is 0.907. The van der Waals surface area contributed by atoms with Gasteiger partial charge in [-0.1, -0.05) is 23.7 Å². The van der Waals surface area contributed by atoms with Gasteiger partial charge in [-0.05, 0) is 42.8 Å². The molecule has 2 saturated heterocycles. The Hall–Kier alpha value is -6.46. The molecule has 0 saturated carbocycles. The molecule has 1 atom stereocenters. The molecule has 6 amide bonds. The topological polar surface area (TPSA) is 195 Å². The van der Waals surface area contributed by atoms with Gasteiger partial charge in [-0.3, -0.25) is 43.9 Å². The number of amides is 6. The van der Waals surface area contributed by atoms with E-state index in [0.717, 1.165) is 4.90 Å². The Morgan fingerprint density at radius 3 is 2.57 bits per heavy atom. The third-order valence-electron chi connectivity index (χ3n) is 9.65. The molecular formula is C38H35ClFN9O7. The Morgan fingerprint density at radius 1 is 1.02 bits per heavy atom. The lowest BCUT2D eigenvalue weighted by Crippen LogP contribution is -2.54. The zero-order valence-corrected chi connectivity index (χ0v) is 30.7. The molecule has 1 aromatic heterocycles. The van der Waals surface area contributed by atoms with Crippen molar-refractivity contribution in [2.24, 2.45) is 0 Å². The number of piperidine rings is 1. The van der Waals surface area contributed by atoms with Crippen LogP contribution >= 0.6 is 11.6 Å². The molecule has 7 rings (SSSR count). The van der Waals surface area contributed by atoms with Crippen LogP contribution in [0.15, 0.2) is 67.0 Å². The first kappa shape index (κ1) is 37.8. The lowest BCUT2D eigenvalue weighted by Gasteiger charge is -2.34. The smallest absolute Gasteiger partial charge is 0.264 e. The molecule has 16 nitrogen and oxygen atoms in total. The van der Waals surface area contributed by atoms with Crippen molar-refractivity contribution in [1.82, 2.24) is 30.0 Å². The standard InChI is InChI=1S/C38H35ClFN9O7/c1-56-30-18-27-23(35(43-20-42-27)44-21-7-8-25(40)24(39)16-21)17-28(30)45-31(50)6-3-11-47-12-14-48(15-13-47)33(52)19-41-26-5-2-4-22-34(26)38(55)49(37(22)54)29-9-10-32(51)46-36(29)53/h2-8,16-18,20,29,41H,9-15,19H2,1H3,(H,45,50)(H,42,43,44)(H,46,51,53)/b6-3+. The number of anilines is 4. The van der Waals surface area contributed by atoms with Crippen molar-refractivity contribution >= 4 is 80.8 Å². The van der Waals surface area contributed by atoms with Crippen molar-refractivity contribution in [2.45, 2.75) is 18.9 Å². The number of imide groups is 2. The number of hydrogen-bond acceptors (Lipinski definition) is 12. The average molecular weight is 784 g/mol. The molecule has 4 aromatic rings. The summed E-state index contributed by atoms with van der Waals surface area (Å²) >= 11 is 5.94. The number of benzene rings is 3. The number of ether oxygens (including phenoxy) is 1. The molecule has 4 N–H and O–H groups in total. The van der Waals surface area contributed by atoms with Crippen LogP contribution in [0.2, 0.25) is 5.02 Å². The average Bonchev–Trinajstić information content (AvgIpc) is 3.44. The Bertz CT molecular complexity index is 2310. The van der Waals surface area contributed by atoms with Crippen molar-refractivity contribution < 1.29 is 37.9 Å². The molecular weight excluding hydrogens is 749 g/mol. The van der Waals surface area contributed by atoms with Crippen molar-refractivity contribution in [2.75, 3.05) is 62.3 Å². The summed E-state index contributed by atoms with van der Waals surface area (Å²) in [4.78, 5) is 89.9. The number of carbonyl (C=O) groups excluding carboxylic acids is 6. The molecule has 0 spiro atoms. The van der Waals surface area contributed by atoms with E-state index in [1.54, 1.807) is 35.2 Å². The van der Waals surface area contributed by atoms with Crippen molar-refractivity contribution in [1.29, 1.82) is 0 Å². The predicted octanol–water partition coefficient (Wildman–Crippen LogP) is 3.33. The Kier molecular flexibility index (Phi) is 10.9. The summed E-state index contributed by atoms with van der Waals surface area (Å²) < 4.78 is 19.2. The van der Waals surface area contributed by atoms with E-state index in [1.165, 1.54) is 43.8 Å². The van der Waals surface area contributed by atoms with Gasteiger partial charge in [-0.15, -0.1) is 0 Å². The third-order valence-corrected chi connectivity index (χ3v) is 9.94. The number of rotatable bonds is 11. The van der Waals surface area contributed by atoms with E-state index in [9.17, 15) is 33.2 Å². The number of methoxy groups -OCH3 is 1. The fraction of sp³-hybridized carbons (Fsp3) is 0.263. The van der Waals surface area contributed by atoms with Crippen LogP contribution in [-0.4, -0.2) is 113 Å². The van der Waals surface area contributed by atoms with Crippen LogP contribution in [-0.2, 0) is 19.2 Å². The minimum absolute atomic E-state index is 0.0133. The summed E-state index contributed by atoms with van der Waals surface area (Å²) in [5.74, 6) is -2.80. The number of hydrogen-bond donors (Lipinski definition) is 4. The molecule has 3 aliphatic heterocycles. The molecule has 4 heterocycles. The van der Waals surface area contributed by atoms with Gasteiger partial charge in [0.25, 0.3) is 11.8 Å². The van der Waals surface area contributed by atoms with Crippen molar-refractivity contribution in [3.05, 3.63) is 89.0 Å². The second-order valence-corrected chi connectivity index (χ2v) is 13.6. The maximum Gasteiger partial charge on any atom is 0.264 e. The van der Waals surface area contributed by atoms with E-state index in [-0.39, 0.29) is 41.4 Å². The maximum atomic E-state index is 13.7. The van der Waals surface area contributed by atoms with E-state index in [0.29, 0.717) is 72.3 Å². The fourth-order valence-electron chi connectivity index (χ4n) is 6.77. The molecule has 0 bridgehead atoms. The number of nitrogens with zero attached hydrogens (tertiary/aromatic N) is 5. The summed E-state index contributed by atoms with van der Waals surface area (Å²) in [6.45, 7) is 2.31. The fourth-order valence-corrected chi connectivity index (χ4v) is 6.95. The van der Waals surface area contributed by atoms with Crippen LogP contribution in [0.25, 0.3) is 10.9 Å². The summed E-state index contributed by atoms with van der Waals surface area (Å²) in [6, 6.07) is 11.1. The van der Waals surface area contributed by atoms with Gasteiger partial charge < -0.3 is 25.6 Å². The zero-order valence-electron chi connectivity index (χ0n) is 29.9. The molecule has 0 radical (unpaired) electrons. The minimum atomic E-state index is -1.09. The van der Waals surface area contributed by atoms with Gasteiger partial charge in [0.15, 0.2) is 0 Å². The normalized spacial score (nSPS) is 17.3. The number of carbonyl (C=O) groups is 6. The summed E-state index contributed by atoms with van der Waals surface area (Å²) in [5, 5.41) is 11.6. The lowest BCUT2D eigenvalue weighted by molar-refractivity contribution is -0.136. The molecule has 3 aliphatic rings. The number of fused-ring (bicyclic) bond motifs is 2. The third kappa shape index (κ3) is 7.85. The molecule has 0 aliphatic carbocycles. The van der Waals surface area contributed by atoms with E-state index in [2.05, 4.69) is 36.1 Å². The molecule has 56 heavy (non-hydrogen) atoms. The van der Waals surface area contributed by atoms with E-state index in [4.69, 9.17) is 16.3 Å². The molecule has 18 heteroatoms. The number of nitrogens with one attached hydrogen (secondary N) is 4. The van der Waals surface area contributed by atoms with Gasteiger partial charge in [0.2, 0.25) is 23.6 Å². The Labute approximate surface area is 324 Å². The second-order valence-electron chi connectivity index (χ2n) is 13.1. The summed E-state index contributed by atoms with van der Waals surface area (Å²) in [6.07, 6.45) is 4.56. The highest BCUT2D eigenvalue weighted by molar-refractivity contribution is 6.31. The molecule has 1 unspecified atom stereocenters. The van der Waals surface area contributed by atoms with E-state index >= 15 is 0 Å². The van der Waals surface area contributed by atoms with E-state index in [1.807, 2.05) is 0 Å². The second kappa shape index (κ2) is 16.1. The van der Waals surface area contributed by atoms with Gasteiger partial charge in [0, 0.05) is 68.0 Å². The quantitative estimate of drug-likeness (QED) is 0.128. The monoisotopic (exact) mass is 783 g/mol. The first-order valence-electron chi connectivity index (χ1n) is 17.6. The van der Waals surface area contributed by atoms with Crippen molar-refractivity contribution in [3.8, 4) is 5.75 Å². The number of halogens is 2. The van der Waals surface area contributed by atoms with E-state index < -0.39 is 41.4 Å². The van der Waals surface area contributed by atoms with Crippen LogP contribution in [0, 0.1) is 5.82 Å². The van der Waals surface area contributed by atoms with Crippen LogP contribution in [0.1, 0.15) is 33.6 Å². The highest BCUT2D eigenvalue weighted by Crippen LogP contribution is 2.34. The summed E-state index contributed by atoms with van der Waals surface area (Å²) in [7, 11) is 1.48.